The Morgan fingerprint density at radius 3 is 2.81 bits per heavy atom. The number of likely N-dealkylation sites (tertiary alicyclic amines) is 1. The lowest BCUT2D eigenvalue weighted by Crippen LogP contribution is -2.29. The average molecular weight is 453 g/mol. The van der Waals surface area contributed by atoms with Crippen LogP contribution in [0.1, 0.15) is 37.7 Å². The molecular weight excluding hydrogens is 424 g/mol. The molecule has 32 heavy (non-hydrogen) atoms. The van der Waals surface area contributed by atoms with Crippen molar-refractivity contribution in [3.63, 3.8) is 0 Å². The molecule has 1 unspecified atom stereocenters. The summed E-state index contributed by atoms with van der Waals surface area (Å²) in [5.41, 5.74) is 2.04. The number of aromatic nitrogens is 4. The first-order chi connectivity index (χ1) is 15.8. The molecule has 0 aliphatic carbocycles. The van der Waals surface area contributed by atoms with Crippen molar-refractivity contribution >= 4 is 22.3 Å². The Hall–Kier alpha value is -2.62. The van der Waals surface area contributed by atoms with Crippen molar-refractivity contribution in [3.05, 3.63) is 42.4 Å². The average Bonchev–Trinajstić information content (AvgIpc) is 3.31. The van der Waals surface area contributed by atoms with Gasteiger partial charge in [-0.3, -0.25) is 4.90 Å². The van der Waals surface area contributed by atoms with Gasteiger partial charge in [0.05, 0.1) is 17.2 Å². The summed E-state index contributed by atoms with van der Waals surface area (Å²) < 4.78 is 11.4. The highest BCUT2D eigenvalue weighted by Crippen LogP contribution is 2.30. The van der Waals surface area contributed by atoms with Gasteiger partial charge in [0.25, 0.3) is 0 Å². The smallest absolute Gasteiger partial charge is 0.317 e. The van der Waals surface area contributed by atoms with Gasteiger partial charge in [0.15, 0.2) is 5.13 Å². The molecule has 168 valence electrons. The zero-order valence-electron chi connectivity index (χ0n) is 18.1. The van der Waals surface area contributed by atoms with Gasteiger partial charge in [-0.1, -0.05) is 23.8 Å². The van der Waals surface area contributed by atoms with Crippen molar-refractivity contribution in [2.24, 2.45) is 0 Å². The standard InChI is InChI=1S/C23H28N6O2S/c1-2-10-29(11-3-1)15-17-6-7-21(25-13-17)28-23-26-14-20(32-23)19-8-9-24-22(27-19)31-18-5-4-12-30-16-18/h6-9,13-14,18H,1-5,10-12,15-16H2,(H,25,26,28). The highest BCUT2D eigenvalue weighted by atomic mass is 32.1. The van der Waals surface area contributed by atoms with Gasteiger partial charge in [-0.15, -0.1) is 0 Å². The van der Waals surface area contributed by atoms with Crippen molar-refractivity contribution in [3.8, 4) is 16.6 Å². The van der Waals surface area contributed by atoms with E-state index < -0.39 is 0 Å². The van der Waals surface area contributed by atoms with Crippen LogP contribution < -0.4 is 10.1 Å². The Bertz CT molecular complexity index is 1000. The van der Waals surface area contributed by atoms with Crippen LogP contribution in [0.15, 0.2) is 36.8 Å². The lowest BCUT2D eigenvalue weighted by molar-refractivity contribution is 0.00342. The van der Waals surface area contributed by atoms with E-state index in [-0.39, 0.29) is 6.10 Å². The summed E-state index contributed by atoms with van der Waals surface area (Å²) in [7, 11) is 0. The van der Waals surface area contributed by atoms with Crippen LogP contribution in [-0.2, 0) is 11.3 Å². The molecule has 9 heteroatoms. The third-order valence-corrected chi connectivity index (χ3v) is 6.63. The molecule has 0 radical (unpaired) electrons. The third-order valence-electron chi connectivity index (χ3n) is 5.70. The summed E-state index contributed by atoms with van der Waals surface area (Å²) in [5.74, 6) is 0.789. The van der Waals surface area contributed by atoms with Crippen LogP contribution in [0.2, 0.25) is 0 Å². The van der Waals surface area contributed by atoms with Gasteiger partial charge < -0.3 is 14.8 Å². The fourth-order valence-corrected chi connectivity index (χ4v) is 4.81. The third kappa shape index (κ3) is 5.59. The van der Waals surface area contributed by atoms with Crippen molar-refractivity contribution in [2.75, 3.05) is 31.6 Å². The maximum atomic E-state index is 5.89. The fourth-order valence-electron chi connectivity index (χ4n) is 4.02. The van der Waals surface area contributed by atoms with Gasteiger partial charge in [-0.05, 0) is 56.5 Å². The number of piperidine rings is 1. The number of ether oxygens (including phenoxy) is 2. The van der Waals surface area contributed by atoms with Gasteiger partial charge in [-0.25, -0.2) is 15.0 Å². The summed E-state index contributed by atoms with van der Waals surface area (Å²) in [6.07, 6.45) is 11.4. The molecule has 3 aromatic heterocycles. The highest BCUT2D eigenvalue weighted by Gasteiger charge is 2.17. The Kier molecular flexibility index (Phi) is 6.86. The number of rotatable bonds is 7. The van der Waals surface area contributed by atoms with Crippen LogP contribution in [0.5, 0.6) is 6.01 Å². The van der Waals surface area contributed by atoms with E-state index in [1.807, 2.05) is 24.5 Å². The number of nitrogens with zero attached hydrogens (tertiary/aromatic N) is 5. The summed E-state index contributed by atoms with van der Waals surface area (Å²) in [4.78, 5) is 21.3. The second-order valence-electron chi connectivity index (χ2n) is 8.22. The molecule has 3 aromatic rings. The molecule has 2 saturated heterocycles. The topological polar surface area (TPSA) is 85.3 Å². The second kappa shape index (κ2) is 10.3. The summed E-state index contributed by atoms with van der Waals surface area (Å²) in [6.45, 7) is 4.73. The van der Waals surface area contributed by atoms with E-state index in [1.165, 1.54) is 49.3 Å². The van der Waals surface area contributed by atoms with Crippen LogP contribution in [0.4, 0.5) is 10.9 Å². The van der Waals surface area contributed by atoms with Gasteiger partial charge in [0.1, 0.15) is 11.9 Å². The summed E-state index contributed by atoms with van der Waals surface area (Å²) >= 11 is 1.53. The fraction of sp³-hybridized carbons (Fsp3) is 0.478. The summed E-state index contributed by atoms with van der Waals surface area (Å²) in [5, 5.41) is 4.07. The minimum atomic E-state index is 0.0154. The lowest BCUT2D eigenvalue weighted by Gasteiger charge is -2.26. The normalized spacial score (nSPS) is 19.6. The quantitative estimate of drug-likeness (QED) is 0.568. The first kappa shape index (κ1) is 21.2. The molecular formula is C23H28N6O2S. The van der Waals surface area contributed by atoms with E-state index in [4.69, 9.17) is 9.47 Å². The molecule has 2 aliphatic rings. The first-order valence-electron chi connectivity index (χ1n) is 11.3. The minimum Gasteiger partial charge on any atom is -0.458 e. The molecule has 2 fully saturated rings. The minimum absolute atomic E-state index is 0.0154. The number of anilines is 2. The number of nitrogens with one attached hydrogen (secondary N) is 1. The van der Waals surface area contributed by atoms with E-state index in [2.05, 4.69) is 36.2 Å². The molecule has 5 heterocycles. The maximum absolute atomic E-state index is 5.89. The molecule has 0 bridgehead atoms. The van der Waals surface area contributed by atoms with Crippen LogP contribution in [0, 0.1) is 0 Å². The van der Waals surface area contributed by atoms with Gasteiger partial charge >= 0.3 is 6.01 Å². The zero-order chi connectivity index (χ0) is 21.6. The van der Waals surface area contributed by atoms with Crippen LogP contribution in [-0.4, -0.2) is 57.2 Å². The van der Waals surface area contributed by atoms with Crippen LogP contribution >= 0.6 is 11.3 Å². The molecule has 0 aromatic carbocycles. The van der Waals surface area contributed by atoms with Crippen LogP contribution in [0.3, 0.4) is 0 Å². The largest absolute Gasteiger partial charge is 0.458 e. The predicted molar refractivity (Wildman–Crippen MR) is 124 cm³/mol. The molecule has 8 nitrogen and oxygen atoms in total. The maximum Gasteiger partial charge on any atom is 0.317 e. The number of thiazole rings is 1. The van der Waals surface area contributed by atoms with Crippen LogP contribution in [0.25, 0.3) is 10.6 Å². The highest BCUT2D eigenvalue weighted by molar-refractivity contribution is 7.18. The molecule has 1 N–H and O–H groups in total. The Labute approximate surface area is 192 Å². The van der Waals surface area contributed by atoms with E-state index in [0.717, 1.165) is 47.5 Å². The SMILES string of the molecule is c1cc(-c2cnc(Nc3ccc(CN4CCCCC4)cn3)s2)nc(OC2CCCOC2)n1. The van der Waals surface area contributed by atoms with E-state index in [9.17, 15) is 0 Å². The number of hydrogen-bond donors (Lipinski definition) is 1. The zero-order valence-corrected chi connectivity index (χ0v) is 18.9. The van der Waals surface area contributed by atoms with Gasteiger partial charge in [-0.2, -0.15) is 4.98 Å². The van der Waals surface area contributed by atoms with E-state index >= 15 is 0 Å². The Balaban J connectivity index is 1.20. The van der Waals surface area contributed by atoms with E-state index in [1.54, 1.807) is 6.20 Å². The van der Waals surface area contributed by atoms with Crippen molar-refractivity contribution in [1.82, 2.24) is 24.8 Å². The van der Waals surface area contributed by atoms with Crippen molar-refractivity contribution in [1.29, 1.82) is 0 Å². The Morgan fingerprint density at radius 1 is 1.06 bits per heavy atom. The predicted octanol–water partition coefficient (Wildman–Crippen LogP) is 4.28. The molecule has 5 rings (SSSR count). The van der Waals surface area contributed by atoms with Crippen molar-refractivity contribution in [2.45, 2.75) is 44.8 Å². The Morgan fingerprint density at radius 2 is 2.00 bits per heavy atom. The molecule has 2 aliphatic heterocycles. The second-order valence-corrected chi connectivity index (χ2v) is 9.26. The van der Waals surface area contributed by atoms with Gasteiger partial charge in [0, 0.05) is 31.7 Å². The summed E-state index contributed by atoms with van der Waals surface area (Å²) in [6, 6.07) is 6.41. The van der Waals surface area contributed by atoms with E-state index in [0.29, 0.717) is 12.6 Å². The van der Waals surface area contributed by atoms with Gasteiger partial charge in [0.2, 0.25) is 0 Å². The number of pyridine rings is 1. The molecule has 0 saturated carbocycles. The monoisotopic (exact) mass is 452 g/mol. The lowest BCUT2D eigenvalue weighted by atomic mass is 10.1. The number of hydrogen-bond acceptors (Lipinski definition) is 9. The van der Waals surface area contributed by atoms with Crippen molar-refractivity contribution < 1.29 is 9.47 Å². The molecule has 0 amide bonds. The molecule has 1 atom stereocenters. The molecule has 0 spiro atoms. The first-order valence-corrected chi connectivity index (χ1v) is 12.1.